The van der Waals surface area contributed by atoms with E-state index in [-0.39, 0.29) is 0 Å². The van der Waals surface area contributed by atoms with Gasteiger partial charge in [0.15, 0.2) is 0 Å². The van der Waals surface area contributed by atoms with Crippen LogP contribution in [0.1, 0.15) is 91.6 Å². The number of fused-ring (bicyclic) bond motifs is 1. The van der Waals surface area contributed by atoms with Crippen LogP contribution in [0.4, 0.5) is 0 Å². The molecule has 0 aliphatic rings. The maximum Gasteiger partial charge on any atom is -0.00259 e. The predicted octanol–water partition coefficient (Wildman–Crippen LogP) is 22.2. The van der Waals surface area contributed by atoms with Crippen LogP contribution in [0.5, 0.6) is 0 Å². The Bertz CT molecular complexity index is 3570. The molecule has 0 saturated heterocycles. The Morgan fingerprint density at radius 3 is 1.18 bits per heavy atom. The number of hydrogen-bond acceptors (Lipinski definition) is 0. The Kier molecular flexibility index (Phi) is 21.5. The highest BCUT2D eigenvalue weighted by Crippen LogP contribution is 2.45. The van der Waals surface area contributed by atoms with E-state index in [1.165, 1.54) is 88.7 Å². The van der Waals surface area contributed by atoms with Gasteiger partial charge in [-0.25, -0.2) is 0 Å². The van der Waals surface area contributed by atoms with Crippen LogP contribution in [0.2, 0.25) is 0 Å². The highest BCUT2D eigenvalue weighted by molar-refractivity contribution is 6.13. The fraction of sp³-hybridized carbons (Fsp3) is 0.0909. The van der Waals surface area contributed by atoms with Crippen LogP contribution < -0.4 is 0 Å². The zero-order chi connectivity index (χ0) is 54.0. The molecule has 8 aromatic rings. The van der Waals surface area contributed by atoms with Crippen molar-refractivity contribution in [2.75, 3.05) is 0 Å². The molecule has 0 saturated carbocycles. The molecule has 0 aromatic heterocycles. The molecule has 0 radical (unpaired) electrons. The molecule has 0 fully saturated rings. The first kappa shape index (κ1) is 55.6. The first-order chi connectivity index (χ1) is 37.7. The molecule has 0 bridgehead atoms. The number of allylic oxidation sites excluding steroid dienone is 20. The highest BCUT2D eigenvalue weighted by atomic mass is 14.2. The molecule has 0 N–H and O–H groups in total. The van der Waals surface area contributed by atoms with Crippen LogP contribution in [0.15, 0.2) is 285 Å². The van der Waals surface area contributed by atoms with Crippen LogP contribution >= 0.6 is 0 Å². The molecule has 0 spiro atoms. The van der Waals surface area contributed by atoms with E-state index in [9.17, 15) is 0 Å². The van der Waals surface area contributed by atoms with Gasteiger partial charge in [-0.2, -0.15) is 0 Å². The van der Waals surface area contributed by atoms with E-state index in [4.69, 9.17) is 0 Å². The van der Waals surface area contributed by atoms with Gasteiger partial charge in [-0.15, -0.1) is 0 Å². The van der Waals surface area contributed by atoms with Gasteiger partial charge >= 0.3 is 0 Å². The summed E-state index contributed by atoms with van der Waals surface area (Å²) in [4.78, 5) is 0. The van der Waals surface area contributed by atoms with Gasteiger partial charge in [0.1, 0.15) is 0 Å². The number of rotatable bonds is 17. The zero-order valence-electron chi connectivity index (χ0n) is 45.9. The Labute approximate surface area is 460 Å². The third kappa shape index (κ3) is 16.4. The number of hydrogen-bond donors (Lipinski definition) is 0. The number of benzene rings is 8. The van der Waals surface area contributed by atoms with Crippen molar-refractivity contribution in [2.45, 2.75) is 48.5 Å². The van der Waals surface area contributed by atoms with Gasteiger partial charge in [0.05, 0.1) is 0 Å². The van der Waals surface area contributed by atoms with Crippen LogP contribution in [0.3, 0.4) is 0 Å². The van der Waals surface area contributed by atoms with E-state index < -0.39 is 0 Å². The second-order valence-electron chi connectivity index (χ2n) is 19.0. The summed E-state index contributed by atoms with van der Waals surface area (Å²) in [5.74, 6) is 0. The second kappa shape index (κ2) is 29.7. The molecule has 0 heteroatoms. The van der Waals surface area contributed by atoms with Crippen molar-refractivity contribution in [3.8, 4) is 22.3 Å². The van der Waals surface area contributed by atoms with E-state index in [0.717, 1.165) is 16.7 Å². The van der Waals surface area contributed by atoms with Gasteiger partial charge in [-0.3, -0.25) is 0 Å². The molecule has 0 atom stereocenters. The minimum absolute atomic E-state index is 1.13. The van der Waals surface area contributed by atoms with Gasteiger partial charge in [0.2, 0.25) is 0 Å². The predicted molar refractivity (Wildman–Crippen MR) is 344 cm³/mol. The average Bonchev–Trinajstić information content (AvgIpc) is 3.47. The number of aryl methyl sites for hydroxylation is 1. The summed E-state index contributed by atoms with van der Waals surface area (Å²) in [6.45, 7) is 15.0. The van der Waals surface area contributed by atoms with Crippen molar-refractivity contribution < 1.29 is 0 Å². The van der Waals surface area contributed by atoms with Gasteiger partial charge in [0.25, 0.3) is 0 Å². The molecule has 8 aromatic carbocycles. The molecule has 0 nitrogen and oxygen atoms in total. The van der Waals surface area contributed by atoms with Gasteiger partial charge < -0.3 is 0 Å². The minimum Gasteiger partial charge on any atom is -0.0877 e. The lowest BCUT2D eigenvalue weighted by Crippen LogP contribution is -1.98. The van der Waals surface area contributed by atoms with E-state index in [0.29, 0.717) is 0 Å². The molecule has 0 aliphatic carbocycles. The lowest BCUT2D eigenvalue weighted by atomic mass is 9.81. The molecule has 0 heterocycles. The molecular formula is C77H72. The third-order valence-electron chi connectivity index (χ3n) is 13.2. The third-order valence-corrected chi connectivity index (χ3v) is 13.2. The molecule has 0 unspecified atom stereocenters. The summed E-state index contributed by atoms with van der Waals surface area (Å²) in [6.07, 6.45) is 42.8. The Morgan fingerprint density at radius 1 is 0.299 bits per heavy atom. The van der Waals surface area contributed by atoms with E-state index in [1.807, 2.05) is 67.7 Å². The fourth-order valence-electron chi connectivity index (χ4n) is 8.98. The topological polar surface area (TPSA) is 0 Å². The SMILES string of the molecule is C/C=C/C=C\C=C/C=C/C=C\C=C/c1ccc2c(-c3cccc(/C(C)=C/C=C(\C)c4ccccc4)c3)c(/C=C/C)c(/C=C\c3ccccc3)c(-c3cccc(/C(C)=C/C=C(\C)c4ccccc4)c3)c2c1.Cc1ccccc1. The maximum atomic E-state index is 2.38. The molecular weight excluding hydrogens is 925 g/mol. The van der Waals surface area contributed by atoms with E-state index in [1.54, 1.807) is 0 Å². The fourth-order valence-corrected chi connectivity index (χ4v) is 8.98. The molecule has 0 aliphatic heterocycles. The van der Waals surface area contributed by atoms with Gasteiger partial charge in [0, 0.05) is 0 Å². The average molecular weight is 997 g/mol. The molecule has 8 rings (SSSR count). The van der Waals surface area contributed by atoms with Crippen LogP contribution in [-0.2, 0) is 0 Å². The van der Waals surface area contributed by atoms with Crippen molar-refractivity contribution in [2.24, 2.45) is 0 Å². The summed E-state index contributed by atoms with van der Waals surface area (Å²) in [6, 6.07) is 67.2. The maximum absolute atomic E-state index is 2.38. The van der Waals surface area contributed by atoms with Crippen molar-refractivity contribution in [3.63, 3.8) is 0 Å². The Balaban J connectivity index is 0.00000114. The summed E-state index contributed by atoms with van der Waals surface area (Å²) in [5, 5.41) is 2.39. The summed E-state index contributed by atoms with van der Waals surface area (Å²) >= 11 is 0. The Hall–Kier alpha value is -9.10. The minimum atomic E-state index is 1.13. The standard InChI is InChI=1S/C70H64.C7H8/c1-7-9-10-11-12-13-14-15-16-17-21-33-58-47-49-67-68(50-58)70(64-41-29-39-62(52-64)56(6)45-43-54(4)60-36-26-20-27-37-60)66(48-46-57-31-22-18-23-32-57)65(30-8-2)69(67)63-40-28-38-61(51-63)55(5)44-42-53(3)59-34-24-19-25-35-59;1-7-5-3-2-4-6-7/h7-52H,1-6H3;2-6H,1H3/b9-7+,11-10-,13-12-,15-14+,17-16-,30-8+,33-21-,48-46-,53-42+,54-43+,55-44+,56-45+;. The lowest BCUT2D eigenvalue weighted by Gasteiger charge is -2.22. The van der Waals surface area contributed by atoms with Crippen molar-refractivity contribution in [1.29, 1.82) is 0 Å². The first-order valence-electron chi connectivity index (χ1n) is 26.7. The zero-order valence-corrected chi connectivity index (χ0v) is 45.9. The first-order valence-corrected chi connectivity index (χ1v) is 26.7. The van der Waals surface area contributed by atoms with Gasteiger partial charge in [-0.05, 0) is 166 Å². The van der Waals surface area contributed by atoms with Crippen LogP contribution in [0.25, 0.3) is 79.6 Å². The summed E-state index contributed by atoms with van der Waals surface area (Å²) in [5.41, 5.74) is 20.4. The lowest BCUT2D eigenvalue weighted by molar-refractivity contribution is 1.48. The summed E-state index contributed by atoms with van der Waals surface area (Å²) < 4.78 is 0. The van der Waals surface area contributed by atoms with Crippen molar-refractivity contribution >= 4 is 57.4 Å². The van der Waals surface area contributed by atoms with E-state index in [2.05, 4.69) is 290 Å². The van der Waals surface area contributed by atoms with Crippen molar-refractivity contribution in [3.05, 3.63) is 335 Å². The quantitative estimate of drug-likeness (QED) is 0.0630. The molecule has 0 amide bonds. The van der Waals surface area contributed by atoms with Crippen LogP contribution in [0, 0.1) is 6.92 Å². The van der Waals surface area contributed by atoms with Gasteiger partial charge in [-0.1, -0.05) is 297 Å². The molecule has 77 heavy (non-hydrogen) atoms. The molecule has 380 valence electrons. The van der Waals surface area contributed by atoms with Crippen LogP contribution in [-0.4, -0.2) is 0 Å². The smallest absolute Gasteiger partial charge is 0.00259 e. The second-order valence-corrected chi connectivity index (χ2v) is 19.0. The Morgan fingerprint density at radius 2 is 0.714 bits per heavy atom. The monoisotopic (exact) mass is 997 g/mol. The van der Waals surface area contributed by atoms with Crippen molar-refractivity contribution in [1.82, 2.24) is 0 Å². The highest BCUT2D eigenvalue weighted by Gasteiger charge is 2.20. The normalized spacial score (nSPS) is 13.0. The largest absolute Gasteiger partial charge is 0.0877 e. The summed E-state index contributed by atoms with van der Waals surface area (Å²) in [7, 11) is 0. The van der Waals surface area contributed by atoms with E-state index >= 15 is 0 Å².